The number of carbonyl (C=O) groups is 1. The van der Waals surface area contributed by atoms with Gasteiger partial charge in [0.25, 0.3) is 10.0 Å². The van der Waals surface area contributed by atoms with Crippen LogP contribution >= 0.6 is 27.3 Å². The molecule has 0 saturated carbocycles. The number of hydrogen-bond acceptors (Lipinski definition) is 5. The molecule has 2 aromatic rings. The fraction of sp³-hybridized carbons (Fsp3) is 0.111. The molecule has 2 N–H and O–H groups in total. The lowest BCUT2D eigenvalue weighted by atomic mass is 10.3. The maximum atomic E-state index is 12.1. The number of nitrogens with one attached hydrogen (secondary N) is 1. The summed E-state index contributed by atoms with van der Waals surface area (Å²) in [4.78, 5) is 11.0. The van der Waals surface area contributed by atoms with Crippen molar-refractivity contribution in [3.05, 3.63) is 27.7 Å². The first-order valence-electron chi connectivity index (χ1n) is 4.84. The molecule has 102 valence electrons. The fourth-order valence-electron chi connectivity index (χ4n) is 1.36. The topological polar surface area (TPSA) is 101 Å². The Morgan fingerprint density at radius 1 is 1.58 bits per heavy atom. The van der Waals surface area contributed by atoms with E-state index in [9.17, 15) is 13.2 Å². The van der Waals surface area contributed by atoms with Crippen molar-refractivity contribution in [2.75, 3.05) is 4.72 Å². The zero-order valence-corrected chi connectivity index (χ0v) is 12.7. The second kappa shape index (κ2) is 4.94. The number of anilines is 1. The van der Waals surface area contributed by atoms with Gasteiger partial charge in [0, 0.05) is 11.5 Å². The highest BCUT2D eigenvalue weighted by molar-refractivity contribution is 9.10. The van der Waals surface area contributed by atoms with Gasteiger partial charge in [0.2, 0.25) is 0 Å². The molecule has 0 amide bonds. The van der Waals surface area contributed by atoms with Gasteiger partial charge < -0.3 is 5.11 Å². The van der Waals surface area contributed by atoms with Crippen molar-refractivity contribution in [3.63, 3.8) is 0 Å². The van der Waals surface area contributed by atoms with Crippen LogP contribution in [0.4, 0.5) is 5.82 Å². The smallest absolute Gasteiger partial charge is 0.341 e. The van der Waals surface area contributed by atoms with Gasteiger partial charge in [0.1, 0.15) is 5.56 Å². The van der Waals surface area contributed by atoms with Gasteiger partial charge in [-0.1, -0.05) is 0 Å². The fourth-order valence-corrected chi connectivity index (χ4v) is 4.81. The Hall–Kier alpha value is -1.39. The Bertz CT molecular complexity index is 734. The number of aromatic carboxylic acids is 1. The van der Waals surface area contributed by atoms with Crippen molar-refractivity contribution >= 4 is 49.1 Å². The van der Waals surface area contributed by atoms with E-state index >= 15 is 0 Å². The summed E-state index contributed by atoms with van der Waals surface area (Å²) in [7, 11) is -2.40. The van der Waals surface area contributed by atoms with Crippen LogP contribution in [0.2, 0.25) is 0 Å². The summed E-state index contributed by atoms with van der Waals surface area (Å²) < 4.78 is 28.2. The van der Waals surface area contributed by atoms with E-state index in [1.54, 1.807) is 11.4 Å². The highest BCUT2D eigenvalue weighted by atomic mass is 79.9. The molecule has 2 rings (SSSR count). The lowest BCUT2D eigenvalue weighted by Crippen LogP contribution is -2.16. The number of halogens is 1. The number of nitrogens with zero attached hydrogens (tertiary/aromatic N) is 2. The normalized spacial score (nSPS) is 11.5. The van der Waals surface area contributed by atoms with Crippen molar-refractivity contribution in [3.8, 4) is 0 Å². The quantitative estimate of drug-likeness (QED) is 0.859. The minimum absolute atomic E-state index is 0.0741. The number of sulfonamides is 1. The van der Waals surface area contributed by atoms with Crippen molar-refractivity contribution < 1.29 is 18.3 Å². The van der Waals surface area contributed by atoms with E-state index in [-0.39, 0.29) is 15.6 Å². The number of aryl methyl sites for hydroxylation is 1. The molecule has 0 aliphatic rings. The van der Waals surface area contributed by atoms with Crippen LogP contribution in [-0.2, 0) is 17.1 Å². The zero-order valence-electron chi connectivity index (χ0n) is 9.49. The molecule has 0 unspecified atom stereocenters. The molecular formula is C9H8BrN3O4S2. The number of rotatable bonds is 4. The van der Waals surface area contributed by atoms with E-state index in [0.717, 1.165) is 22.2 Å². The van der Waals surface area contributed by atoms with Gasteiger partial charge in [-0.15, -0.1) is 11.3 Å². The zero-order chi connectivity index (χ0) is 14.2. The third kappa shape index (κ3) is 2.65. The Labute approximate surface area is 121 Å². The molecule has 0 bridgehead atoms. The summed E-state index contributed by atoms with van der Waals surface area (Å²) in [5, 5.41) is 14.3. The Morgan fingerprint density at radius 3 is 2.79 bits per heavy atom. The largest absolute Gasteiger partial charge is 0.477 e. The minimum atomic E-state index is -3.85. The Balaban J connectivity index is 2.45. The maximum Gasteiger partial charge on any atom is 0.341 e. The number of carboxylic acid groups (broad SMARTS) is 1. The van der Waals surface area contributed by atoms with Crippen molar-refractivity contribution in [1.82, 2.24) is 9.78 Å². The van der Waals surface area contributed by atoms with E-state index < -0.39 is 16.0 Å². The van der Waals surface area contributed by atoms with Gasteiger partial charge in [-0.3, -0.25) is 9.40 Å². The summed E-state index contributed by atoms with van der Waals surface area (Å²) in [6, 6.07) is 1.60. The molecule has 0 saturated heterocycles. The Kier molecular flexibility index (Phi) is 3.65. The van der Waals surface area contributed by atoms with Gasteiger partial charge in [-0.25, -0.2) is 13.2 Å². The summed E-state index contributed by atoms with van der Waals surface area (Å²) in [6.07, 6.45) is 1.09. The van der Waals surface area contributed by atoms with Crippen LogP contribution in [0.1, 0.15) is 10.4 Å². The first-order valence-corrected chi connectivity index (χ1v) is 7.99. The highest BCUT2D eigenvalue weighted by Crippen LogP contribution is 2.29. The number of carboxylic acids is 1. The van der Waals surface area contributed by atoms with Crippen LogP contribution in [0, 0.1) is 0 Å². The highest BCUT2D eigenvalue weighted by Gasteiger charge is 2.24. The standard InChI is InChI=1S/C9H8BrN3O4S2/c1-13-7(5(4-11-13)8(14)15)12-19(16,17)9-6(10)2-3-18-9/h2-4,12H,1H3,(H,14,15). The van der Waals surface area contributed by atoms with E-state index in [1.165, 1.54) is 7.05 Å². The van der Waals surface area contributed by atoms with Gasteiger partial charge in [-0.2, -0.15) is 5.10 Å². The van der Waals surface area contributed by atoms with Crippen LogP contribution in [0.3, 0.4) is 0 Å². The number of thiophene rings is 1. The van der Waals surface area contributed by atoms with Crippen molar-refractivity contribution in [2.24, 2.45) is 7.05 Å². The number of hydrogen-bond donors (Lipinski definition) is 2. The number of aromatic nitrogens is 2. The summed E-state index contributed by atoms with van der Waals surface area (Å²) in [5.74, 6) is -1.34. The molecule has 7 nitrogen and oxygen atoms in total. The molecule has 0 aliphatic carbocycles. The average Bonchev–Trinajstić information content (AvgIpc) is 2.86. The first kappa shape index (κ1) is 14.0. The minimum Gasteiger partial charge on any atom is -0.477 e. The summed E-state index contributed by atoms with van der Waals surface area (Å²) in [6.45, 7) is 0. The van der Waals surface area contributed by atoms with E-state index in [1.807, 2.05) is 0 Å². The lowest BCUT2D eigenvalue weighted by Gasteiger charge is -2.08. The van der Waals surface area contributed by atoms with Gasteiger partial charge in [-0.05, 0) is 27.4 Å². The Morgan fingerprint density at radius 2 is 2.26 bits per heavy atom. The van der Waals surface area contributed by atoms with E-state index in [0.29, 0.717) is 4.47 Å². The van der Waals surface area contributed by atoms with Crippen LogP contribution < -0.4 is 4.72 Å². The third-order valence-corrected chi connectivity index (χ3v) is 6.24. The van der Waals surface area contributed by atoms with Gasteiger partial charge in [0.05, 0.1) is 6.20 Å². The molecule has 2 heterocycles. The lowest BCUT2D eigenvalue weighted by molar-refractivity contribution is 0.0698. The molecule has 0 atom stereocenters. The summed E-state index contributed by atoms with van der Waals surface area (Å²) >= 11 is 4.15. The molecule has 0 fully saturated rings. The van der Waals surface area contributed by atoms with Crippen LogP contribution in [0.5, 0.6) is 0 Å². The molecule has 2 aromatic heterocycles. The second-order valence-corrected chi connectivity index (χ2v) is 7.15. The maximum absolute atomic E-state index is 12.1. The second-order valence-electron chi connectivity index (χ2n) is 3.50. The molecule has 0 spiro atoms. The van der Waals surface area contributed by atoms with Gasteiger partial charge in [0.15, 0.2) is 10.0 Å². The summed E-state index contributed by atoms with van der Waals surface area (Å²) in [5.41, 5.74) is -0.209. The van der Waals surface area contributed by atoms with Crippen LogP contribution in [0.25, 0.3) is 0 Å². The molecular weight excluding hydrogens is 358 g/mol. The van der Waals surface area contributed by atoms with Crippen LogP contribution in [-0.4, -0.2) is 29.3 Å². The van der Waals surface area contributed by atoms with E-state index in [4.69, 9.17) is 5.11 Å². The van der Waals surface area contributed by atoms with Gasteiger partial charge >= 0.3 is 5.97 Å². The predicted octanol–water partition coefficient (Wildman–Crippen LogP) is 1.74. The van der Waals surface area contributed by atoms with E-state index in [2.05, 4.69) is 25.8 Å². The predicted molar refractivity (Wildman–Crippen MR) is 73.0 cm³/mol. The molecule has 0 aromatic carbocycles. The molecule has 19 heavy (non-hydrogen) atoms. The van der Waals surface area contributed by atoms with Crippen molar-refractivity contribution in [1.29, 1.82) is 0 Å². The first-order chi connectivity index (χ1) is 8.83. The SMILES string of the molecule is Cn1ncc(C(=O)O)c1NS(=O)(=O)c1sccc1Br. The van der Waals surface area contributed by atoms with Crippen LogP contribution in [0.15, 0.2) is 26.3 Å². The molecule has 0 radical (unpaired) electrons. The third-order valence-electron chi connectivity index (χ3n) is 2.23. The van der Waals surface area contributed by atoms with Crippen molar-refractivity contribution in [2.45, 2.75) is 4.21 Å². The molecule has 10 heteroatoms. The average molecular weight is 366 g/mol. The monoisotopic (exact) mass is 365 g/mol. The molecule has 0 aliphatic heterocycles.